The highest BCUT2D eigenvalue weighted by Crippen LogP contribution is 2.33. The van der Waals surface area contributed by atoms with Crippen LogP contribution in [0.4, 0.5) is 0 Å². The number of rotatable bonds is 2. The molecular weight excluding hydrogens is 394 g/mol. The largest absolute Gasteiger partial charge is 0.295 e. The molecule has 0 saturated carbocycles. The smallest absolute Gasteiger partial charge is 0.132 e. The van der Waals surface area contributed by atoms with Crippen molar-refractivity contribution in [1.82, 2.24) is 9.55 Å². The molecule has 108 valence electrons. The highest BCUT2D eigenvalue weighted by atomic mass is 79.9. The van der Waals surface area contributed by atoms with Gasteiger partial charge in [-0.2, -0.15) is 0 Å². The van der Waals surface area contributed by atoms with Gasteiger partial charge in [-0.15, -0.1) is 11.6 Å². The number of nitrogens with zero attached hydrogens (tertiary/aromatic N) is 2. The molecule has 1 aromatic heterocycles. The Labute approximate surface area is 145 Å². The van der Waals surface area contributed by atoms with Gasteiger partial charge in [-0.3, -0.25) is 4.57 Å². The first-order valence-electron chi connectivity index (χ1n) is 6.25. The van der Waals surface area contributed by atoms with E-state index < -0.39 is 0 Å². The molecule has 0 fully saturated rings. The van der Waals surface area contributed by atoms with Gasteiger partial charge in [0.25, 0.3) is 0 Å². The van der Waals surface area contributed by atoms with E-state index in [0.29, 0.717) is 10.0 Å². The third-order valence-corrected chi connectivity index (χ3v) is 4.91. The molecule has 0 amide bonds. The van der Waals surface area contributed by atoms with E-state index >= 15 is 0 Å². The highest BCUT2D eigenvalue weighted by molar-refractivity contribution is 9.10. The number of alkyl halides is 1. The maximum atomic E-state index is 6.28. The van der Waals surface area contributed by atoms with Gasteiger partial charge in [0.05, 0.1) is 20.9 Å². The first-order valence-corrected chi connectivity index (χ1v) is 8.24. The lowest BCUT2D eigenvalue weighted by atomic mass is 10.2. The van der Waals surface area contributed by atoms with Gasteiger partial charge in [0.15, 0.2) is 0 Å². The lowest BCUT2D eigenvalue weighted by Gasteiger charge is -2.11. The SMILES string of the molecule is CC(Cl)c1nc2c(Cl)cccc2n1-c1ccc(Br)c(Cl)c1. The van der Waals surface area contributed by atoms with Gasteiger partial charge in [0.1, 0.15) is 11.3 Å². The molecule has 0 N–H and O–H groups in total. The van der Waals surface area contributed by atoms with Crippen molar-refractivity contribution < 1.29 is 0 Å². The number of hydrogen-bond acceptors (Lipinski definition) is 1. The van der Waals surface area contributed by atoms with E-state index in [1.54, 1.807) is 0 Å². The van der Waals surface area contributed by atoms with Crippen molar-refractivity contribution in [2.45, 2.75) is 12.3 Å². The van der Waals surface area contributed by atoms with Crippen LogP contribution in [0.1, 0.15) is 18.1 Å². The fraction of sp³-hybridized carbons (Fsp3) is 0.133. The molecule has 1 atom stereocenters. The summed E-state index contributed by atoms with van der Waals surface area (Å²) in [4.78, 5) is 4.58. The summed E-state index contributed by atoms with van der Waals surface area (Å²) < 4.78 is 2.83. The van der Waals surface area contributed by atoms with Crippen LogP contribution in [0, 0.1) is 0 Å². The lowest BCUT2D eigenvalue weighted by Crippen LogP contribution is -2.01. The van der Waals surface area contributed by atoms with Gasteiger partial charge in [0.2, 0.25) is 0 Å². The Bertz CT molecular complexity index is 827. The number of fused-ring (bicyclic) bond motifs is 1. The maximum absolute atomic E-state index is 6.28. The van der Waals surface area contributed by atoms with E-state index in [-0.39, 0.29) is 5.38 Å². The second-order valence-electron chi connectivity index (χ2n) is 4.63. The zero-order chi connectivity index (χ0) is 15.1. The van der Waals surface area contributed by atoms with Crippen LogP contribution in [-0.2, 0) is 0 Å². The highest BCUT2D eigenvalue weighted by Gasteiger charge is 2.18. The van der Waals surface area contributed by atoms with Crippen LogP contribution in [-0.4, -0.2) is 9.55 Å². The topological polar surface area (TPSA) is 17.8 Å². The minimum Gasteiger partial charge on any atom is -0.295 e. The van der Waals surface area contributed by atoms with E-state index in [1.807, 2.05) is 47.9 Å². The molecule has 21 heavy (non-hydrogen) atoms. The van der Waals surface area contributed by atoms with Crippen LogP contribution in [0.5, 0.6) is 0 Å². The number of halogens is 4. The minimum atomic E-state index is -0.254. The Morgan fingerprint density at radius 1 is 1.14 bits per heavy atom. The summed E-state index contributed by atoms with van der Waals surface area (Å²) in [7, 11) is 0. The number of para-hydroxylation sites is 1. The van der Waals surface area contributed by atoms with Crippen molar-refractivity contribution in [1.29, 1.82) is 0 Å². The molecule has 6 heteroatoms. The van der Waals surface area contributed by atoms with Crippen LogP contribution in [0.3, 0.4) is 0 Å². The van der Waals surface area contributed by atoms with Crippen molar-refractivity contribution in [3.63, 3.8) is 0 Å². The molecule has 0 bridgehead atoms. The third kappa shape index (κ3) is 2.68. The first kappa shape index (κ1) is 15.2. The molecular formula is C15H10BrCl3N2. The Morgan fingerprint density at radius 3 is 2.57 bits per heavy atom. The van der Waals surface area contributed by atoms with Crippen molar-refractivity contribution in [3.05, 3.63) is 56.7 Å². The molecule has 0 spiro atoms. The molecule has 0 aliphatic carbocycles. The Balaban J connectivity index is 2.36. The number of aromatic nitrogens is 2. The summed E-state index contributed by atoms with van der Waals surface area (Å²) in [6.07, 6.45) is 0. The molecule has 0 radical (unpaired) electrons. The number of imidazole rings is 1. The van der Waals surface area contributed by atoms with Gasteiger partial charge in [-0.1, -0.05) is 29.3 Å². The van der Waals surface area contributed by atoms with Crippen LogP contribution >= 0.6 is 50.7 Å². The minimum absolute atomic E-state index is 0.254. The van der Waals surface area contributed by atoms with Gasteiger partial charge >= 0.3 is 0 Å². The zero-order valence-electron chi connectivity index (χ0n) is 10.9. The summed E-state index contributed by atoms with van der Waals surface area (Å²) in [5.41, 5.74) is 2.54. The molecule has 1 unspecified atom stereocenters. The van der Waals surface area contributed by atoms with E-state index in [2.05, 4.69) is 20.9 Å². The van der Waals surface area contributed by atoms with Crippen LogP contribution < -0.4 is 0 Å². The quantitative estimate of drug-likeness (QED) is 0.452. The third-order valence-electron chi connectivity index (χ3n) is 3.18. The average Bonchev–Trinajstić information content (AvgIpc) is 2.83. The number of benzene rings is 2. The fourth-order valence-electron chi connectivity index (χ4n) is 2.25. The van der Waals surface area contributed by atoms with Crippen molar-refractivity contribution in [3.8, 4) is 5.69 Å². The Kier molecular flexibility index (Phi) is 4.19. The van der Waals surface area contributed by atoms with Crippen molar-refractivity contribution in [2.75, 3.05) is 0 Å². The predicted octanol–water partition coefficient (Wildman–Crippen LogP) is 6.39. The summed E-state index contributed by atoms with van der Waals surface area (Å²) in [5.74, 6) is 0.734. The van der Waals surface area contributed by atoms with Crippen LogP contribution in [0.15, 0.2) is 40.9 Å². The fourth-order valence-corrected chi connectivity index (χ4v) is 3.02. The van der Waals surface area contributed by atoms with Gasteiger partial charge in [-0.25, -0.2) is 4.98 Å². The molecule has 3 rings (SSSR count). The van der Waals surface area contributed by atoms with Crippen LogP contribution in [0.25, 0.3) is 16.7 Å². The monoisotopic (exact) mass is 402 g/mol. The normalized spacial score (nSPS) is 12.8. The molecule has 0 saturated heterocycles. The predicted molar refractivity (Wildman–Crippen MR) is 93.1 cm³/mol. The molecule has 3 aromatic rings. The second kappa shape index (κ2) is 5.81. The summed E-state index contributed by atoms with van der Waals surface area (Å²) in [5, 5.41) is 0.980. The van der Waals surface area contributed by atoms with E-state index in [4.69, 9.17) is 34.8 Å². The molecule has 0 aliphatic rings. The molecule has 2 aromatic carbocycles. The summed E-state index contributed by atoms with van der Waals surface area (Å²) in [6.45, 7) is 1.88. The van der Waals surface area contributed by atoms with Crippen molar-refractivity contribution >= 4 is 61.8 Å². The maximum Gasteiger partial charge on any atom is 0.132 e. The zero-order valence-corrected chi connectivity index (χ0v) is 14.8. The molecule has 0 aliphatic heterocycles. The standard InChI is InChI=1S/C15H10BrCl3N2/c1-8(17)15-20-14-11(18)3-2-4-13(14)21(15)9-5-6-10(16)12(19)7-9/h2-8H,1H3. The average molecular weight is 405 g/mol. The van der Waals surface area contributed by atoms with Gasteiger partial charge in [0, 0.05) is 10.2 Å². The Hall–Kier alpha value is -0.740. The van der Waals surface area contributed by atoms with Crippen molar-refractivity contribution in [2.24, 2.45) is 0 Å². The summed E-state index contributed by atoms with van der Waals surface area (Å²) in [6, 6.07) is 11.4. The molecule has 2 nitrogen and oxygen atoms in total. The van der Waals surface area contributed by atoms with Gasteiger partial charge in [-0.05, 0) is 53.2 Å². The van der Waals surface area contributed by atoms with Crippen LogP contribution in [0.2, 0.25) is 10.0 Å². The number of hydrogen-bond donors (Lipinski definition) is 0. The Morgan fingerprint density at radius 2 is 1.90 bits per heavy atom. The van der Waals surface area contributed by atoms with Gasteiger partial charge < -0.3 is 0 Å². The van der Waals surface area contributed by atoms with E-state index in [9.17, 15) is 0 Å². The first-order chi connectivity index (χ1) is 9.99. The molecule has 1 heterocycles. The summed E-state index contributed by atoms with van der Waals surface area (Å²) >= 11 is 22.1. The lowest BCUT2D eigenvalue weighted by molar-refractivity contribution is 0.882. The van der Waals surface area contributed by atoms with E-state index in [0.717, 1.165) is 27.0 Å². The van der Waals surface area contributed by atoms with E-state index in [1.165, 1.54) is 0 Å². The second-order valence-corrected chi connectivity index (χ2v) is 6.95.